The largest absolute Gasteiger partial charge is 0.289 e. The Morgan fingerprint density at radius 3 is 1.21 bits per heavy atom. The van der Waals surface area contributed by atoms with Crippen molar-refractivity contribution in [3.8, 4) is 0 Å². The molecule has 0 bridgehead atoms. The van der Waals surface area contributed by atoms with Gasteiger partial charge >= 0.3 is 0 Å². The first-order chi connectivity index (χ1) is 16.5. The summed E-state index contributed by atoms with van der Waals surface area (Å²) in [6, 6.07) is 26.0. The molecule has 0 saturated carbocycles. The van der Waals surface area contributed by atoms with E-state index < -0.39 is 0 Å². The van der Waals surface area contributed by atoms with E-state index in [0.29, 0.717) is 32.3 Å². The van der Waals surface area contributed by atoms with Crippen molar-refractivity contribution < 1.29 is 9.59 Å². The molecule has 2 aliphatic rings. The van der Waals surface area contributed by atoms with Crippen LogP contribution in [0.25, 0.3) is 11.1 Å². The van der Waals surface area contributed by atoms with Gasteiger partial charge in [-0.15, -0.1) is 0 Å². The van der Waals surface area contributed by atoms with E-state index in [2.05, 4.69) is 0 Å². The monoisotopic (exact) mass is 478 g/mol. The molecule has 0 fully saturated rings. The molecule has 162 valence electrons. The zero-order valence-corrected chi connectivity index (χ0v) is 19.3. The molecule has 0 heterocycles. The first kappa shape index (κ1) is 20.9. The van der Waals surface area contributed by atoms with E-state index in [1.165, 1.54) is 0 Å². The van der Waals surface area contributed by atoms with Gasteiger partial charge in [0.1, 0.15) is 0 Å². The van der Waals surface area contributed by atoms with Gasteiger partial charge < -0.3 is 0 Å². The third-order valence-corrected chi connectivity index (χ3v) is 6.84. The molecule has 4 aromatic carbocycles. The van der Waals surface area contributed by atoms with E-state index >= 15 is 0 Å². The number of hydrogen-bond donors (Lipinski definition) is 0. The average Bonchev–Trinajstić information content (AvgIpc) is 2.86. The van der Waals surface area contributed by atoms with E-state index in [4.69, 9.17) is 23.2 Å². The highest BCUT2D eigenvalue weighted by molar-refractivity contribution is 6.32. The lowest BCUT2D eigenvalue weighted by Crippen LogP contribution is -2.15. The molecule has 2 nitrogen and oxygen atoms in total. The van der Waals surface area contributed by atoms with Crippen LogP contribution in [0.2, 0.25) is 10.0 Å². The van der Waals surface area contributed by atoms with Crippen LogP contribution in [0.3, 0.4) is 0 Å². The van der Waals surface area contributed by atoms with Gasteiger partial charge in [0.15, 0.2) is 11.6 Å². The van der Waals surface area contributed by atoms with Crippen molar-refractivity contribution in [2.75, 3.05) is 0 Å². The Kier molecular flexibility index (Phi) is 4.88. The fraction of sp³-hybridized carbons (Fsp3) is 0. The van der Waals surface area contributed by atoms with Gasteiger partial charge in [-0.3, -0.25) is 9.59 Å². The van der Waals surface area contributed by atoms with Crippen molar-refractivity contribution in [3.63, 3.8) is 0 Å². The summed E-state index contributed by atoms with van der Waals surface area (Å²) in [7, 11) is 0. The van der Waals surface area contributed by atoms with Crippen molar-refractivity contribution in [2.24, 2.45) is 0 Å². The van der Waals surface area contributed by atoms with Crippen LogP contribution < -0.4 is 0 Å². The molecule has 6 rings (SSSR count). The maximum absolute atomic E-state index is 13.2. The van der Waals surface area contributed by atoms with Crippen LogP contribution in [0.15, 0.2) is 97.1 Å². The van der Waals surface area contributed by atoms with E-state index in [9.17, 15) is 9.59 Å². The molecule has 0 unspecified atom stereocenters. The Balaban J connectivity index is 1.62. The lowest BCUT2D eigenvalue weighted by Gasteiger charge is -2.23. The molecule has 4 aromatic rings. The lowest BCUT2D eigenvalue weighted by molar-refractivity contribution is 0.102. The molecular formula is C30H16Cl2O2. The second-order valence-corrected chi connectivity index (χ2v) is 9.16. The second kappa shape index (κ2) is 7.95. The summed E-state index contributed by atoms with van der Waals surface area (Å²) in [6.07, 6.45) is 4.05. The number of halogens is 2. The number of allylic oxidation sites excluding steroid dienone is 2. The van der Waals surface area contributed by atoms with E-state index in [-0.39, 0.29) is 11.6 Å². The Labute approximate surface area is 206 Å². The summed E-state index contributed by atoms with van der Waals surface area (Å²) >= 11 is 12.5. The molecule has 34 heavy (non-hydrogen) atoms. The first-order valence-electron chi connectivity index (χ1n) is 10.8. The number of fused-ring (bicyclic) bond motifs is 4. The van der Waals surface area contributed by atoms with Gasteiger partial charge in [0.25, 0.3) is 0 Å². The van der Waals surface area contributed by atoms with Crippen LogP contribution in [-0.4, -0.2) is 11.6 Å². The number of rotatable bonds is 1. The molecule has 2 aliphatic carbocycles. The Morgan fingerprint density at radius 1 is 0.441 bits per heavy atom. The van der Waals surface area contributed by atoms with Crippen molar-refractivity contribution in [1.82, 2.24) is 0 Å². The minimum Gasteiger partial charge on any atom is -0.289 e. The smallest absolute Gasteiger partial charge is 0.194 e. The minimum atomic E-state index is -0.0356. The number of carbonyl (C=O) groups excluding carboxylic acids is 2. The standard InChI is InChI=1S/C30H16Cl2O2/c31-17-9-11-23-21(19-5-1-3-7-25(19)29(33)27(23)15-17)13-14-22-20-6-2-4-8-26(20)30(34)28-16-18(32)10-12-24(22)28/h1-16H/b21-13+,22-14+. The molecule has 4 heteroatoms. The predicted octanol–water partition coefficient (Wildman–Crippen LogP) is 7.65. The van der Waals surface area contributed by atoms with Crippen LogP contribution in [0.5, 0.6) is 0 Å². The predicted molar refractivity (Wildman–Crippen MR) is 137 cm³/mol. The number of hydrogen-bond acceptors (Lipinski definition) is 2. The van der Waals surface area contributed by atoms with Crippen molar-refractivity contribution in [2.45, 2.75) is 0 Å². The average molecular weight is 479 g/mol. The zero-order valence-electron chi connectivity index (χ0n) is 17.8. The number of ketones is 2. The lowest BCUT2D eigenvalue weighted by atomic mass is 9.79. The Bertz CT molecular complexity index is 1490. The summed E-state index contributed by atoms with van der Waals surface area (Å²) < 4.78 is 0. The highest BCUT2D eigenvalue weighted by Crippen LogP contribution is 2.40. The molecule has 0 aromatic heterocycles. The second-order valence-electron chi connectivity index (χ2n) is 8.29. The maximum Gasteiger partial charge on any atom is 0.194 e. The van der Waals surface area contributed by atoms with Gasteiger partial charge in [-0.2, -0.15) is 0 Å². The fourth-order valence-electron chi connectivity index (χ4n) is 4.82. The zero-order chi connectivity index (χ0) is 23.4. The highest BCUT2D eigenvalue weighted by atomic mass is 35.5. The van der Waals surface area contributed by atoms with Crippen LogP contribution in [0.4, 0.5) is 0 Å². The third kappa shape index (κ3) is 3.19. The van der Waals surface area contributed by atoms with Gasteiger partial charge in [-0.1, -0.05) is 96.0 Å². The molecule has 0 N–H and O–H groups in total. The molecule has 0 amide bonds. The summed E-state index contributed by atoms with van der Waals surface area (Å²) in [4.78, 5) is 26.3. The Hall–Kier alpha value is -3.72. The minimum absolute atomic E-state index is 0.0356. The third-order valence-electron chi connectivity index (χ3n) is 6.37. The summed E-state index contributed by atoms with van der Waals surface area (Å²) in [5.74, 6) is -0.0713. The van der Waals surface area contributed by atoms with E-state index in [1.54, 1.807) is 24.3 Å². The maximum atomic E-state index is 13.2. The Morgan fingerprint density at radius 2 is 0.794 bits per heavy atom. The number of benzene rings is 4. The molecule has 0 spiro atoms. The van der Waals surface area contributed by atoms with Crippen LogP contribution >= 0.6 is 23.2 Å². The SMILES string of the molecule is O=C1c2ccccc2/C(=C\C=C2/c3ccccc3C(=O)c3cc(Cl)ccc32)c2ccc(Cl)cc21. The van der Waals surface area contributed by atoms with Crippen LogP contribution in [0.1, 0.15) is 54.1 Å². The topological polar surface area (TPSA) is 34.1 Å². The van der Waals surface area contributed by atoms with E-state index in [1.807, 2.05) is 72.8 Å². The highest BCUT2D eigenvalue weighted by Gasteiger charge is 2.28. The molecule has 0 saturated heterocycles. The van der Waals surface area contributed by atoms with E-state index in [0.717, 1.165) is 33.4 Å². The van der Waals surface area contributed by atoms with Gasteiger partial charge in [-0.25, -0.2) is 0 Å². The van der Waals surface area contributed by atoms with Crippen molar-refractivity contribution in [3.05, 3.63) is 152 Å². The summed E-state index contributed by atoms with van der Waals surface area (Å²) in [5, 5.41) is 1.05. The molecular weight excluding hydrogens is 463 g/mol. The van der Waals surface area contributed by atoms with Gasteiger partial charge in [0.05, 0.1) is 0 Å². The molecule has 0 aliphatic heterocycles. The van der Waals surface area contributed by atoms with Crippen molar-refractivity contribution in [1.29, 1.82) is 0 Å². The number of carbonyl (C=O) groups is 2. The first-order valence-corrected chi connectivity index (χ1v) is 11.6. The van der Waals surface area contributed by atoms with Gasteiger partial charge in [0.2, 0.25) is 0 Å². The fourth-order valence-corrected chi connectivity index (χ4v) is 5.16. The van der Waals surface area contributed by atoms with Crippen LogP contribution in [0, 0.1) is 0 Å². The normalized spacial score (nSPS) is 16.2. The van der Waals surface area contributed by atoms with Gasteiger partial charge in [0, 0.05) is 32.3 Å². The molecule has 0 atom stereocenters. The van der Waals surface area contributed by atoms with Crippen LogP contribution in [-0.2, 0) is 0 Å². The quantitative estimate of drug-likeness (QED) is 0.243. The summed E-state index contributed by atoms with van der Waals surface area (Å²) in [5.41, 5.74) is 7.74. The summed E-state index contributed by atoms with van der Waals surface area (Å²) in [6.45, 7) is 0. The van der Waals surface area contributed by atoms with Gasteiger partial charge in [-0.05, 0) is 57.7 Å². The van der Waals surface area contributed by atoms with Crippen molar-refractivity contribution >= 4 is 45.9 Å². The molecule has 0 radical (unpaired) electrons.